The molecule has 1 unspecified atom stereocenters. The monoisotopic (exact) mass is 338 g/mol. The van der Waals surface area contributed by atoms with Crippen LogP contribution in [-0.4, -0.2) is 21.9 Å². The van der Waals surface area contributed by atoms with Crippen molar-refractivity contribution in [1.29, 1.82) is 0 Å². The third kappa shape index (κ3) is 4.42. The molecule has 1 atom stereocenters. The predicted molar refractivity (Wildman–Crippen MR) is 86.8 cm³/mol. The molecule has 0 saturated carbocycles. The smallest absolute Gasteiger partial charge is 0.223 e. The van der Waals surface area contributed by atoms with E-state index in [0.717, 1.165) is 12.8 Å². The molecule has 0 spiro atoms. The number of carbonyl (C=O) groups is 1. The standard InChI is InChI=1S/C16H16Cl2N2O2/c1-2-3-4-15(16(21)13-10-19-7-8-20-13)22-14-6-5-11(17)9-12(14)18/h5-10,15H,2-4H2,1H3. The van der Waals surface area contributed by atoms with Crippen LogP contribution in [0.1, 0.15) is 36.7 Å². The molecular weight excluding hydrogens is 323 g/mol. The van der Waals surface area contributed by atoms with Crippen molar-refractivity contribution < 1.29 is 9.53 Å². The van der Waals surface area contributed by atoms with Gasteiger partial charge < -0.3 is 4.74 Å². The molecule has 4 nitrogen and oxygen atoms in total. The van der Waals surface area contributed by atoms with E-state index in [1.54, 1.807) is 18.2 Å². The number of hydrogen-bond donors (Lipinski definition) is 0. The maximum atomic E-state index is 12.5. The second-order valence-corrected chi connectivity index (χ2v) is 5.62. The van der Waals surface area contributed by atoms with Gasteiger partial charge in [0.05, 0.1) is 11.2 Å². The average Bonchev–Trinajstić information content (AvgIpc) is 2.53. The Hall–Kier alpha value is -1.65. The van der Waals surface area contributed by atoms with Gasteiger partial charge >= 0.3 is 0 Å². The van der Waals surface area contributed by atoms with Crippen molar-refractivity contribution in [3.05, 3.63) is 52.5 Å². The molecule has 0 radical (unpaired) electrons. The Labute approximate surface area is 139 Å². The molecule has 0 aliphatic heterocycles. The highest BCUT2D eigenvalue weighted by molar-refractivity contribution is 6.35. The summed E-state index contributed by atoms with van der Waals surface area (Å²) in [4.78, 5) is 20.5. The van der Waals surface area contributed by atoms with Crippen molar-refractivity contribution in [2.45, 2.75) is 32.3 Å². The minimum absolute atomic E-state index is 0.201. The first-order valence-electron chi connectivity index (χ1n) is 7.03. The SMILES string of the molecule is CCCCC(Oc1ccc(Cl)cc1Cl)C(=O)c1cnccn1. The van der Waals surface area contributed by atoms with E-state index in [1.165, 1.54) is 18.6 Å². The number of benzene rings is 1. The Bertz CT molecular complexity index is 635. The highest BCUT2D eigenvalue weighted by atomic mass is 35.5. The van der Waals surface area contributed by atoms with E-state index in [1.807, 2.05) is 0 Å². The number of halogens is 2. The van der Waals surface area contributed by atoms with Crippen LogP contribution in [0.5, 0.6) is 5.75 Å². The normalized spacial score (nSPS) is 12.0. The van der Waals surface area contributed by atoms with Crippen molar-refractivity contribution in [1.82, 2.24) is 9.97 Å². The molecule has 0 aliphatic carbocycles. The zero-order valence-electron chi connectivity index (χ0n) is 12.1. The fourth-order valence-corrected chi connectivity index (χ4v) is 2.40. The Morgan fingerprint density at radius 3 is 2.77 bits per heavy atom. The summed E-state index contributed by atoms with van der Waals surface area (Å²) in [5.41, 5.74) is 0.286. The molecule has 0 aliphatic rings. The number of nitrogens with zero attached hydrogens (tertiary/aromatic N) is 2. The second-order valence-electron chi connectivity index (χ2n) is 4.78. The minimum Gasteiger partial charge on any atom is -0.481 e. The molecule has 22 heavy (non-hydrogen) atoms. The quantitative estimate of drug-likeness (QED) is 0.692. The van der Waals surface area contributed by atoms with Gasteiger partial charge in [-0.2, -0.15) is 0 Å². The van der Waals surface area contributed by atoms with E-state index in [9.17, 15) is 4.79 Å². The molecule has 6 heteroatoms. The summed E-state index contributed by atoms with van der Waals surface area (Å²) in [5, 5.41) is 0.892. The number of Topliss-reactive ketones (excluding diaryl/α,β-unsaturated/α-hetero) is 1. The molecule has 0 bridgehead atoms. The lowest BCUT2D eigenvalue weighted by atomic mass is 10.1. The summed E-state index contributed by atoms with van der Waals surface area (Å²) in [6, 6.07) is 4.92. The van der Waals surface area contributed by atoms with Gasteiger partial charge in [-0.1, -0.05) is 36.5 Å². The molecule has 1 aromatic carbocycles. The Balaban J connectivity index is 2.20. The van der Waals surface area contributed by atoms with Crippen LogP contribution in [0, 0.1) is 0 Å². The van der Waals surface area contributed by atoms with Crippen LogP contribution in [0.4, 0.5) is 0 Å². The number of carbonyl (C=O) groups excluding carboxylic acids is 1. The van der Waals surface area contributed by atoms with Gasteiger partial charge in [0.1, 0.15) is 11.4 Å². The van der Waals surface area contributed by atoms with Crippen LogP contribution in [-0.2, 0) is 0 Å². The Morgan fingerprint density at radius 2 is 2.14 bits per heavy atom. The molecule has 1 aromatic heterocycles. The van der Waals surface area contributed by atoms with Crippen LogP contribution in [0.15, 0.2) is 36.8 Å². The molecule has 0 N–H and O–H groups in total. The van der Waals surface area contributed by atoms with Gasteiger partial charge in [0, 0.05) is 17.4 Å². The van der Waals surface area contributed by atoms with Gasteiger partial charge in [0.25, 0.3) is 0 Å². The molecular formula is C16H16Cl2N2O2. The number of ether oxygens (including phenoxy) is 1. The van der Waals surface area contributed by atoms with Gasteiger partial charge in [-0.25, -0.2) is 4.98 Å². The molecule has 0 amide bonds. The highest BCUT2D eigenvalue weighted by Gasteiger charge is 2.23. The van der Waals surface area contributed by atoms with Crippen LogP contribution in [0.2, 0.25) is 10.0 Å². The zero-order chi connectivity index (χ0) is 15.9. The van der Waals surface area contributed by atoms with E-state index in [0.29, 0.717) is 22.2 Å². The largest absolute Gasteiger partial charge is 0.481 e. The van der Waals surface area contributed by atoms with Crippen LogP contribution in [0.25, 0.3) is 0 Å². The Kier molecular flexibility index (Phi) is 6.16. The summed E-state index contributed by atoms with van der Waals surface area (Å²) >= 11 is 12.0. The topological polar surface area (TPSA) is 52.1 Å². The zero-order valence-corrected chi connectivity index (χ0v) is 13.6. The lowest BCUT2D eigenvalue weighted by molar-refractivity contribution is 0.0769. The average molecular weight is 339 g/mol. The maximum Gasteiger partial charge on any atom is 0.223 e. The van der Waals surface area contributed by atoms with Gasteiger partial charge in [0.15, 0.2) is 6.10 Å². The summed E-state index contributed by atoms with van der Waals surface area (Å²) in [6.07, 6.45) is 6.21. The van der Waals surface area contributed by atoms with Crippen molar-refractivity contribution in [3.8, 4) is 5.75 Å². The number of unbranched alkanes of at least 4 members (excludes halogenated alkanes) is 1. The fourth-order valence-electron chi connectivity index (χ4n) is 1.95. The molecule has 0 fully saturated rings. The number of hydrogen-bond acceptors (Lipinski definition) is 4. The van der Waals surface area contributed by atoms with Gasteiger partial charge in [-0.3, -0.25) is 9.78 Å². The number of aromatic nitrogens is 2. The summed E-state index contributed by atoms with van der Waals surface area (Å²) in [6.45, 7) is 2.05. The summed E-state index contributed by atoms with van der Waals surface area (Å²) < 4.78 is 5.81. The van der Waals surface area contributed by atoms with E-state index >= 15 is 0 Å². The predicted octanol–water partition coefficient (Wildman–Crippen LogP) is 4.60. The van der Waals surface area contributed by atoms with Crippen LogP contribution < -0.4 is 4.74 Å². The lowest BCUT2D eigenvalue weighted by Gasteiger charge is -2.18. The van der Waals surface area contributed by atoms with Crippen LogP contribution in [0.3, 0.4) is 0 Å². The molecule has 2 rings (SSSR count). The van der Waals surface area contributed by atoms with Crippen molar-refractivity contribution in [2.75, 3.05) is 0 Å². The first-order chi connectivity index (χ1) is 10.6. The van der Waals surface area contributed by atoms with E-state index in [2.05, 4.69) is 16.9 Å². The number of ketones is 1. The van der Waals surface area contributed by atoms with E-state index < -0.39 is 6.10 Å². The third-order valence-corrected chi connectivity index (χ3v) is 3.62. The molecule has 116 valence electrons. The van der Waals surface area contributed by atoms with Crippen molar-refractivity contribution in [2.24, 2.45) is 0 Å². The molecule has 2 aromatic rings. The van der Waals surface area contributed by atoms with E-state index in [4.69, 9.17) is 27.9 Å². The number of rotatable bonds is 7. The summed E-state index contributed by atoms with van der Waals surface area (Å²) in [7, 11) is 0. The first-order valence-corrected chi connectivity index (χ1v) is 7.79. The van der Waals surface area contributed by atoms with Gasteiger partial charge in [-0.15, -0.1) is 0 Å². The van der Waals surface area contributed by atoms with Crippen molar-refractivity contribution >= 4 is 29.0 Å². The second kappa shape index (κ2) is 8.11. The maximum absolute atomic E-state index is 12.5. The van der Waals surface area contributed by atoms with Gasteiger partial charge in [-0.05, 0) is 31.0 Å². The summed E-state index contributed by atoms with van der Waals surface area (Å²) in [5.74, 6) is 0.233. The van der Waals surface area contributed by atoms with Crippen LogP contribution >= 0.6 is 23.2 Å². The Morgan fingerprint density at radius 1 is 1.32 bits per heavy atom. The third-order valence-electron chi connectivity index (χ3n) is 3.09. The molecule has 0 saturated heterocycles. The minimum atomic E-state index is -0.643. The highest BCUT2D eigenvalue weighted by Crippen LogP contribution is 2.29. The van der Waals surface area contributed by atoms with Crippen molar-refractivity contribution in [3.63, 3.8) is 0 Å². The first kappa shape index (κ1) is 16.7. The fraction of sp³-hybridized carbons (Fsp3) is 0.312. The van der Waals surface area contributed by atoms with E-state index in [-0.39, 0.29) is 11.5 Å². The lowest BCUT2D eigenvalue weighted by Crippen LogP contribution is -2.28. The van der Waals surface area contributed by atoms with Gasteiger partial charge in [0.2, 0.25) is 5.78 Å². The molecule has 1 heterocycles.